The number of halogens is 1. The van der Waals surface area contributed by atoms with Crippen LogP contribution in [0, 0.1) is 5.82 Å². The van der Waals surface area contributed by atoms with Gasteiger partial charge in [0.2, 0.25) is 5.82 Å². The molecule has 0 saturated carbocycles. The maximum Gasteiger partial charge on any atom is 0.333 e. The van der Waals surface area contributed by atoms with E-state index in [1.165, 1.54) is 27.4 Å². The van der Waals surface area contributed by atoms with Crippen LogP contribution in [0.3, 0.4) is 0 Å². The molecule has 0 radical (unpaired) electrons. The van der Waals surface area contributed by atoms with Crippen LogP contribution in [0.15, 0.2) is 48.5 Å². The van der Waals surface area contributed by atoms with Gasteiger partial charge in [-0.3, -0.25) is 4.79 Å². The van der Waals surface area contributed by atoms with Crippen molar-refractivity contribution in [3.63, 3.8) is 0 Å². The fourth-order valence-electron chi connectivity index (χ4n) is 3.18. The summed E-state index contributed by atoms with van der Waals surface area (Å²) >= 11 is 0. The second kappa shape index (κ2) is 7.08. The molecule has 9 heteroatoms. The lowest BCUT2D eigenvalue weighted by molar-refractivity contribution is -0.141. The van der Waals surface area contributed by atoms with E-state index in [-0.39, 0.29) is 18.7 Å². The van der Waals surface area contributed by atoms with Crippen LogP contribution in [0.2, 0.25) is 0 Å². The number of benzene rings is 2. The van der Waals surface area contributed by atoms with Gasteiger partial charge in [-0.25, -0.2) is 9.18 Å². The Morgan fingerprint density at radius 3 is 2.45 bits per heavy atom. The minimum Gasteiger partial charge on any atom is -0.479 e. The summed E-state index contributed by atoms with van der Waals surface area (Å²) in [6.07, 6.45) is 0.916. The van der Waals surface area contributed by atoms with Crippen molar-refractivity contribution in [3.05, 3.63) is 65.5 Å². The first-order valence-corrected chi connectivity index (χ1v) is 9.11. The van der Waals surface area contributed by atoms with Crippen molar-refractivity contribution in [2.75, 3.05) is 6.54 Å². The predicted molar refractivity (Wildman–Crippen MR) is 100 cm³/mol. The lowest BCUT2D eigenvalue weighted by atomic mass is 10.1. The van der Waals surface area contributed by atoms with E-state index in [0.29, 0.717) is 5.82 Å². The Hall–Kier alpha value is -3.62. The highest BCUT2D eigenvalue weighted by atomic mass is 19.1. The summed E-state index contributed by atoms with van der Waals surface area (Å²) in [5.74, 6) is -1.73. The Morgan fingerprint density at radius 1 is 1.14 bits per heavy atom. The molecule has 1 N–H and O–H groups in total. The Balaban J connectivity index is 1.52. The zero-order chi connectivity index (χ0) is 20.6. The second-order valence-electron chi connectivity index (χ2n) is 6.93. The molecule has 1 atom stereocenters. The molecular weight excluding hydrogens is 377 g/mol. The highest BCUT2D eigenvalue weighted by Gasteiger charge is 2.62. The molecule has 4 rings (SSSR count). The predicted octanol–water partition coefficient (Wildman–Crippen LogP) is 2.02. The molecule has 1 fully saturated rings. The van der Waals surface area contributed by atoms with Gasteiger partial charge in [0, 0.05) is 11.1 Å². The lowest BCUT2D eigenvalue weighted by Gasteiger charge is -2.12. The molecule has 3 aromatic rings. The van der Waals surface area contributed by atoms with Crippen molar-refractivity contribution >= 4 is 11.9 Å². The molecule has 2 heterocycles. The van der Waals surface area contributed by atoms with Crippen LogP contribution in [0.4, 0.5) is 4.39 Å². The van der Waals surface area contributed by atoms with E-state index >= 15 is 0 Å². The molecule has 148 valence electrons. The molecule has 2 aromatic carbocycles. The standard InChI is InChI=1S/C20H18FN5O3/c1-2-13-3-5-14(6-4-13)17-22-24-26(23-17)12-20(19(28)29)11-25(20)18(27)15-7-9-16(21)10-8-15/h3-10H,2,11-12H2,1H3,(H,28,29)/t20-,25?/m1/s1. The molecule has 0 aliphatic carbocycles. The van der Waals surface area contributed by atoms with E-state index in [9.17, 15) is 19.1 Å². The van der Waals surface area contributed by atoms with Crippen molar-refractivity contribution in [1.82, 2.24) is 25.1 Å². The summed E-state index contributed by atoms with van der Waals surface area (Å²) in [6, 6.07) is 12.7. The molecule has 1 aliphatic rings. The van der Waals surface area contributed by atoms with Crippen molar-refractivity contribution in [1.29, 1.82) is 0 Å². The number of carbonyl (C=O) groups excluding carboxylic acids is 1. The van der Waals surface area contributed by atoms with Gasteiger partial charge >= 0.3 is 5.97 Å². The topological polar surface area (TPSA) is 101 Å². The lowest BCUT2D eigenvalue weighted by Crippen LogP contribution is -2.37. The third-order valence-electron chi connectivity index (χ3n) is 5.04. The average molecular weight is 395 g/mol. The Bertz CT molecular complexity index is 1060. The molecule has 0 spiro atoms. The summed E-state index contributed by atoms with van der Waals surface area (Å²) < 4.78 is 13.1. The molecular formula is C20H18FN5O3. The van der Waals surface area contributed by atoms with Crippen molar-refractivity contribution in [2.45, 2.75) is 25.4 Å². The minimum absolute atomic E-state index is 0.0145. The van der Waals surface area contributed by atoms with Gasteiger partial charge in [0.05, 0.1) is 13.1 Å². The quantitative estimate of drug-likeness (QED) is 0.641. The first-order chi connectivity index (χ1) is 13.9. The van der Waals surface area contributed by atoms with Gasteiger partial charge in [-0.2, -0.15) is 4.80 Å². The molecule has 0 unspecified atom stereocenters. The first-order valence-electron chi connectivity index (χ1n) is 9.11. The summed E-state index contributed by atoms with van der Waals surface area (Å²) in [5, 5.41) is 21.9. The Labute approximate surface area is 165 Å². The van der Waals surface area contributed by atoms with Crippen LogP contribution >= 0.6 is 0 Å². The number of aliphatic carboxylic acids is 1. The van der Waals surface area contributed by atoms with E-state index in [4.69, 9.17) is 0 Å². The highest BCUT2D eigenvalue weighted by Crippen LogP contribution is 2.36. The van der Waals surface area contributed by atoms with Gasteiger partial charge < -0.3 is 10.0 Å². The SMILES string of the molecule is CCc1ccc(-c2nnn(C[C@@]3(C(=O)O)CN3C(=O)c3ccc(F)cc3)n2)cc1. The molecule has 1 aliphatic heterocycles. The Kier molecular flexibility index (Phi) is 4.57. The average Bonchev–Trinajstić information content (AvgIpc) is 3.28. The summed E-state index contributed by atoms with van der Waals surface area (Å²) in [7, 11) is 0. The molecule has 29 heavy (non-hydrogen) atoms. The van der Waals surface area contributed by atoms with Crippen molar-refractivity contribution in [2.24, 2.45) is 0 Å². The number of hydrogen-bond donors (Lipinski definition) is 1. The summed E-state index contributed by atoms with van der Waals surface area (Å²) in [4.78, 5) is 26.9. The number of nitrogens with zero attached hydrogens (tertiary/aromatic N) is 5. The monoisotopic (exact) mass is 395 g/mol. The number of aromatic nitrogens is 4. The zero-order valence-electron chi connectivity index (χ0n) is 15.6. The van der Waals surface area contributed by atoms with Crippen LogP contribution in [0.5, 0.6) is 0 Å². The number of hydrogen-bond acceptors (Lipinski definition) is 5. The van der Waals surface area contributed by atoms with Crippen LogP contribution in [-0.2, 0) is 17.8 Å². The van der Waals surface area contributed by atoms with Crippen LogP contribution in [0.25, 0.3) is 11.4 Å². The van der Waals surface area contributed by atoms with E-state index in [0.717, 1.165) is 24.1 Å². The Morgan fingerprint density at radius 2 is 1.83 bits per heavy atom. The minimum atomic E-state index is -1.45. The molecule has 1 saturated heterocycles. The number of rotatable bonds is 6. The molecule has 0 bridgehead atoms. The third kappa shape index (κ3) is 3.46. The molecule has 1 aromatic heterocycles. The molecule has 8 nitrogen and oxygen atoms in total. The van der Waals surface area contributed by atoms with E-state index in [2.05, 4.69) is 22.3 Å². The maximum atomic E-state index is 13.1. The fourth-order valence-corrected chi connectivity index (χ4v) is 3.18. The number of carbonyl (C=O) groups is 2. The fraction of sp³-hybridized carbons (Fsp3) is 0.250. The van der Waals surface area contributed by atoms with Gasteiger partial charge in [0.15, 0.2) is 5.54 Å². The summed E-state index contributed by atoms with van der Waals surface area (Å²) in [6.45, 7) is 1.94. The van der Waals surface area contributed by atoms with E-state index in [1.807, 2.05) is 24.3 Å². The van der Waals surface area contributed by atoms with Crippen molar-refractivity contribution in [3.8, 4) is 11.4 Å². The van der Waals surface area contributed by atoms with Gasteiger partial charge in [-0.15, -0.1) is 10.2 Å². The number of tetrazole rings is 1. The third-order valence-corrected chi connectivity index (χ3v) is 5.04. The first kappa shape index (κ1) is 18.7. The van der Waals surface area contributed by atoms with Gasteiger partial charge in [-0.1, -0.05) is 31.2 Å². The highest BCUT2D eigenvalue weighted by molar-refractivity contribution is 6.01. The van der Waals surface area contributed by atoms with Crippen molar-refractivity contribution < 1.29 is 19.1 Å². The van der Waals surface area contributed by atoms with E-state index < -0.39 is 23.2 Å². The largest absolute Gasteiger partial charge is 0.479 e. The maximum absolute atomic E-state index is 13.1. The van der Waals surface area contributed by atoms with Gasteiger partial charge in [-0.05, 0) is 41.5 Å². The summed E-state index contributed by atoms with van der Waals surface area (Å²) in [5.41, 5.74) is 0.722. The van der Waals surface area contributed by atoms with E-state index in [1.54, 1.807) is 0 Å². The van der Waals surface area contributed by atoms with Crippen LogP contribution in [-0.4, -0.2) is 54.2 Å². The van der Waals surface area contributed by atoms with Gasteiger partial charge in [0.25, 0.3) is 5.91 Å². The number of carboxylic acid groups (broad SMARTS) is 1. The van der Waals surface area contributed by atoms with Crippen LogP contribution < -0.4 is 0 Å². The number of amides is 1. The van der Waals surface area contributed by atoms with Crippen LogP contribution in [0.1, 0.15) is 22.8 Å². The zero-order valence-corrected chi connectivity index (χ0v) is 15.6. The number of aryl methyl sites for hydroxylation is 1. The second-order valence-corrected chi connectivity index (χ2v) is 6.93. The number of carboxylic acids is 1. The normalized spacial score (nSPS) is 17.9. The van der Waals surface area contributed by atoms with Gasteiger partial charge in [0.1, 0.15) is 5.82 Å². The smallest absolute Gasteiger partial charge is 0.333 e. The molecule has 1 amide bonds.